The molecule has 19 heavy (non-hydrogen) atoms. The largest absolute Gasteiger partial charge is 0.481 e. The second kappa shape index (κ2) is 6.04. The van der Waals surface area contributed by atoms with Crippen LogP contribution in [0, 0.1) is 0 Å². The molecule has 2 rings (SSSR count). The SMILES string of the molecule is O=C(O)CC1CCCCN1C(=O)CN1CCCC1=O. The standard InChI is InChI=1S/C13H20N2O4/c16-11-5-3-6-14(11)9-12(17)15-7-2-1-4-10(15)8-13(18)19/h10H,1-9H2,(H,18,19). The fourth-order valence-corrected chi connectivity index (χ4v) is 2.87. The van der Waals surface area contributed by atoms with E-state index < -0.39 is 5.97 Å². The van der Waals surface area contributed by atoms with E-state index in [1.165, 1.54) is 0 Å². The Hall–Kier alpha value is -1.59. The van der Waals surface area contributed by atoms with Crippen LogP contribution in [0.15, 0.2) is 0 Å². The molecular weight excluding hydrogens is 248 g/mol. The molecule has 1 N–H and O–H groups in total. The van der Waals surface area contributed by atoms with E-state index in [4.69, 9.17) is 5.11 Å². The summed E-state index contributed by atoms with van der Waals surface area (Å²) >= 11 is 0. The number of hydrogen-bond donors (Lipinski definition) is 1. The van der Waals surface area contributed by atoms with Crippen molar-refractivity contribution in [2.24, 2.45) is 0 Å². The number of carbonyl (C=O) groups is 3. The fourth-order valence-electron chi connectivity index (χ4n) is 2.87. The van der Waals surface area contributed by atoms with E-state index >= 15 is 0 Å². The zero-order valence-electron chi connectivity index (χ0n) is 11.0. The van der Waals surface area contributed by atoms with Crippen LogP contribution in [0.2, 0.25) is 0 Å². The Kier molecular flexibility index (Phi) is 4.39. The van der Waals surface area contributed by atoms with Crippen LogP contribution in [0.1, 0.15) is 38.5 Å². The maximum absolute atomic E-state index is 12.2. The summed E-state index contributed by atoms with van der Waals surface area (Å²) in [5.74, 6) is -0.955. The number of carboxylic acid groups (broad SMARTS) is 1. The van der Waals surface area contributed by atoms with Crippen molar-refractivity contribution in [3.63, 3.8) is 0 Å². The Morgan fingerprint density at radius 3 is 2.63 bits per heavy atom. The number of piperidine rings is 1. The number of aliphatic carboxylic acids is 1. The lowest BCUT2D eigenvalue weighted by Crippen LogP contribution is -2.48. The summed E-state index contributed by atoms with van der Waals surface area (Å²) in [6.07, 6.45) is 3.95. The Morgan fingerprint density at radius 2 is 2.00 bits per heavy atom. The minimum absolute atomic E-state index is 0.000311. The van der Waals surface area contributed by atoms with Crippen LogP contribution in [0.4, 0.5) is 0 Å². The topological polar surface area (TPSA) is 77.9 Å². The van der Waals surface area contributed by atoms with Gasteiger partial charge in [0.15, 0.2) is 0 Å². The molecule has 6 nitrogen and oxygen atoms in total. The number of hydrogen-bond acceptors (Lipinski definition) is 3. The van der Waals surface area contributed by atoms with E-state index in [2.05, 4.69) is 0 Å². The third kappa shape index (κ3) is 3.45. The van der Waals surface area contributed by atoms with Gasteiger partial charge in [-0.2, -0.15) is 0 Å². The van der Waals surface area contributed by atoms with Gasteiger partial charge >= 0.3 is 5.97 Å². The first-order valence-electron chi connectivity index (χ1n) is 6.87. The van der Waals surface area contributed by atoms with E-state index in [-0.39, 0.29) is 30.8 Å². The van der Waals surface area contributed by atoms with Crippen molar-refractivity contribution in [3.05, 3.63) is 0 Å². The fraction of sp³-hybridized carbons (Fsp3) is 0.769. The van der Waals surface area contributed by atoms with Gasteiger partial charge in [0.25, 0.3) is 0 Å². The van der Waals surface area contributed by atoms with E-state index in [0.717, 1.165) is 25.7 Å². The van der Waals surface area contributed by atoms with Crippen molar-refractivity contribution in [1.82, 2.24) is 9.80 Å². The number of rotatable bonds is 4. The van der Waals surface area contributed by atoms with Crippen LogP contribution in [0.25, 0.3) is 0 Å². The molecule has 2 heterocycles. The molecule has 2 aliphatic rings. The van der Waals surface area contributed by atoms with E-state index in [1.807, 2.05) is 0 Å². The maximum atomic E-state index is 12.2. The maximum Gasteiger partial charge on any atom is 0.305 e. The summed E-state index contributed by atoms with van der Waals surface area (Å²) in [5.41, 5.74) is 0. The molecule has 0 bridgehead atoms. The number of carbonyl (C=O) groups excluding carboxylic acids is 2. The van der Waals surface area contributed by atoms with Gasteiger partial charge in [-0.25, -0.2) is 0 Å². The molecule has 2 amide bonds. The quantitative estimate of drug-likeness (QED) is 0.803. The number of amides is 2. The summed E-state index contributed by atoms with van der Waals surface area (Å²) in [6.45, 7) is 1.36. The third-order valence-corrected chi connectivity index (χ3v) is 3.86. The van der Waals surface area contributed by atoms with Gasteiger partial charge in [0.1, 0.15) is 0 Å². The molecule has 1 unspecified atom stereocenters. The number of likely N-dealkylation sites (tertiary alicyclic amines) is 2. The lowest BCUT2D eigenvalue weighted by molar-refractivity contribution is -0.144. The Labute approximate surface area is 112 Å². The number of nitrogens with zero attached hydrogens (tertiary/aromatic N) is 2. The average molecular weight is 268 g/mol. The molecule has 2 saturated heterocycles. The van der Waals surface area contributed by atoms with Crippen molar-refractivity contribution in [1.29, 1.82) is 0 Å². The summed E-state index contributed by atoms with van der Waals surface area (Å²) < 4.78 is 0. The van der Waals surface area contributed by atoms with Gasteiger partial charge in [-0.15, -0.1) is 0 Å². The highest BCUT2D eigenvalue weighted by Crippen LogP contribution is 2.20. The molecule has 2 fully saturated rings. The summed E-state index contributed by atoms with van der Waals surface area (Å²) in [5, 5.41) is 8.89. The van der Waals surface area contributed by atoms with Crippen molar-refractivity contribution >= 4 is 17.8 Å². The highest BCUT2D eigenvalue weighted by Gasteiger charge is 2.31. The van der Waals surface area contributed by atoms with Crippen molar-refractivity contribution < 1.29 is 19.5 Å². The number of carboxylic acids is 1. The molecular formula is C13H20N2O4. The molecule has 6 heteroatoms. The van der Waals surface area contributed by atoms with E-state index in [9.17, 15) is 14.4 Å². The Bertz CT molecular complexity index is 383. The zero-order chi connectivity index (χ0) is 13.8. The van der Waals surface area contributed by atoms with Crippen LogP contribution >= 0.6 is 0 Å². The molecule has 2 aliphatic heterocycles. The van der Waals surface area contributed by atoms with Gasteiger partial charge in [-0.1, -0.05) is 0 Å². The van der Waals surface area contributed by atoms with Crippen molar-refractivity contribution in [2.45, 2.75) is 44.6 Å². The molecule has 0 aliphatic carbocycles. The molecule has 0 aromatic heterocycles. The first-order chi connectivity index (χ1) is 9.08. The monoisotopic (exact) mass is 268 g/mol. The normalized spacial score (nSPS) is 23.8. The van der Waals surface area contributed by atoms with Gasteiger partial charge < -0.3 is 14.9 Å². The van der Waals surface area contributed by atoms with Crippen LogP contribution in [-0.2, 0) is 14.4 Å². The summed E-state index contributed by atoms with van der Waals surface area (Å²) in [6, 6.07) is -0.212. The molecule has 106 valence electrons. The minimum atomic E-state index is -0.873. The first-order valence-corrected chi connectivity index (χ1v) is 6.87. The third-order valence-electron chi connectivity index (χ3n) is 3.86. The second-order valence-corrected chi connectivity index (χ2v) is 5.25. The highest BCUT2D eigenvalue weighted by molar-refractivity contribution is 5.86. The molecule has 1 atom stereocenters. The van der Waals surface area contributed by atoms with Crippen LogP contribution in [0.3, 0.4) is 0 Å². The van der Waals surface area contributed by atoms with Crippen molar-refractivity contribution in [3.8, 4) is 0 Å². The van der Waals surface area contributed by atoms with Crippen LogP contribution in [0.5, 0.6) is 0 Å². The van der Waals surface area contributed by atoms with Crippen LogP contribution < -0.4 is 0 Å². The lowest BCUT2D eigenvalue weighted by atomic mass is 9.99. The van der Waals surface area contributed by atoms with E-state index in [0.29, 0.717) is 19.5 Å². The van der Waals surface area contributed by atoms with Crippen LogP contribution in [-0.4, -0.2) is 58.4 Å². The van der Waals surface area contributed by atoms with Gasteiger partial charge in [-0.05, 0) is 25.7 Å². The smallest absolute Gasteiger partial charge is 0.305 e. The van der Waals surface area contributed by atoms with Gasteiger partial charge in [0, 0.05) is 25.6 Å². The zero-order valence-corrected chi connectivity index (χ0v) is 11.0. The Balaban J connectivity index is 1.94. The summed E-state index contributed by atoms with van der Waals surface area (Å²) in [7, 11) is 0. The minimum Gasteiger partial charge on any atom is -0.481 e. The molecule has 0 spiro atoms. The van der Waals surface area contributed by atoms with Crippen molar-refractivity contribution in [2.75, 3.05) is 19.6 Å². The highest BCUT2D eigenvalue weighted by atomic mass is 16.4. The summed E-state index contributed by atoms with van der Waals surface area (Å²) in [4.78, 5) is 37.8. The van der Waals surface area contributed by atoms with E-state index in [1.54, 1.807) is 9.80 Å². The molecule has 0 radical (unpaired) electrons. The average Bonchev–Trinajstić information content (AvgIpc) is 2.75. The predicted octanol–water partition coefficient (Wildman–Crippen LogP) is 0.465. The Morgan fingerprint density at radius 1 is 1.21 bits per heavy atom. The lowest BCUT2D eigenvalue weighted by Gasteiger charge is -2.36. The van der Waals surface area contributed by atoms with Gasteiger partial charge in [0.2, 0.25) is 11.8 Å². The first kappa shape index (κ1) is 13.8. The molecule has 0 aromatic carbocycles. The molecule has 0 aromatic rings. The second-order valence-electron chi connectivity index (χ2n) is 5.25. The van der Waals surface area contributed by atoms with Gasteiger partial charge in [0.05, 0.1) is 13.0 Å². The molecule has 0 saturated carbocycles. The predicted molar refractivity (Wildman–Crippen MR) is 67.4 cm³/mol. The van der Waals surface area contributed by atoms with Gasteiger partial charge in [-0.3, -0.25) is 14.4 Å².